The number of hydrogen-bond acceptors (Lipinski definition) is 3. The van der Waals surface area contributed by atoms with Gasteiger partial charge in [0.1, 0.15) is 0 Å². The Morgan fingerprint density at radius 2 is 2.20 bits per heavy atom. The lowest BCUT2D eigenvalue weighted by molar-refractivity contribution is -0.0757. The fraction of sp³-hybridized carbons (Fsp3) is 0.583. The Morgan fingerprint density at radius 3 is 3.00 bits per heavy atom. The van der Waals surface area contributed by atoms with E-state index in [4.69, 9.17) is 4.74 Å². The summed E-state index contributed by atoms with van der Waals surface area (Å²) in [5.41, 5.74) is 2.45. The lowest BCUT2D eigenvalue weighted by atomic mass is 9.85. The van der Waals surface area contributed by atoms with E-state index in [1.54, 1.807) is 0 Å². The summed E-state index contributed by atoms with van der Waals surface area (Å²) < 4.78 is 6.01. The van der Waals surface area contributed by atoms with Gasteiger partial charge in [0.2, 0.25) is 0 Å². The van der Waals surface area contributed by atoms with Crippen molar-refractivity contribution in [3.05, 3.63) is 29.6 Å². The van der Waals surface area contributed by atoms with Crippen LogP contribution >= 0.6 is 0 Å². The highest BCUT2D eigenvalue weighted by molar-refractivity contribution is 5.30. The largest absolute Gasteiger partial charge is 0.364 e. The monoisotopic (exact) mass is 204 g/mol. The summed E-state index contributed by atoms with van der Waals surface area (Å²) in [4.78, 5) is 6.75. The van der Waals surface area contributed by atoms with Crippen molar-refractivity contribution >= 4 is 0 Å². The average molecular weight is 204 g/mol. The van der Waals surface area contributed by atoms with Crippen LogP contribution in [0.4, 0.5) is 0 Å². The molecule has 1 spiro atoms. The van der Waals surface area contributed by atoms with E-state index in [1.165, 1.54) is 5.56 Å². The van der Waals surface area contributed by atoms with Gasteiger partial charge in [0.25, 0.3) is 0 Å². The van der Waals surface area contributed by atoms with Crippen LogP contribution in [0.25, 0.3) is 0 Å². The van der Waals surface area contributed by atoms with Crippen LogP contribution in [0.2, 0.25) is 0 Å². The molecule has 0 atom stereocenters. The molecule has 15 heavy (non-hydrogen) atoms. The van der Waals surface area contributed by atoms with Crippen molar-refractivity contribution in [3.63, 3.8) is 0 Å². The Balaban J connectivity index is 1.95. The van der Waals surface area contributed by atoms with E-state index in [9.17, 15) is 0 Å². The molecule has 0 aromatic carbocycles. The van der Waals surface area contributed by atoms with Gasteiger partial charge < -0.3 is 9.64 Å². The maximum Gasteiger partial charge on any atom is 0.0979 e. The summed E-state index contributed by atoms with van der Waals surface area (Å²) in [5, 5.41) is 0. The Morgan fingerprint density at radius 1 is 1.40 bits per heavy atom. The first kappa shape index (κ1) is 9.31. The topological polar surface area (TPSA) is 25.4 Å². The van der Waals surface area contributed by atoms with E-state index in [0.717, 1.165) is 31.6 Å². The van der Waals surface area contributed by atoms with Crippen molar-refractivity contribution in [2.24, 2.45) is 0 Å². The van der Waals surface area contributed by atoms with Crippen molar-refractivity contribution in [2.75, 3.05) is 20.1 Å². The zero-order valence-corrected chi connectivity index (χ0v) is 9.07. The van der Waals surface area contributed by atoms with Crippen molar-refractivity contribution < 1.29 is 4.74 Å². The highest BCUT2D eigenvalue weighted by Gasteiger charge is 2.42. The zero-order valence-electron chi connectivity index (χ0n) is 9.07. The molecule has 1 fully saturated rings. The van der Waals surface area contributed by atoms with E-state index < -0.39 is 0 Å². The number of fused-ring (bicyclic) bond motifs is 2. The van der Waals surface area contributed by atoms with Crippen LogP contribution < -0.4 is 0 Å². The molecule has 0 unspecified atom stereocenters. The third-order valence-electron chi connectivity index (χ3n) is 3.66. The fourth-order valence-corrected chi connectivity index (χ4v) is 2.65. The van der Waals surface area contributed by atoms with Gasteiger partial charge in [-0.25, -0.2) is 0 Å². The molecule has 3 rings (SSSR count). The average Bonchev–Trinajstić information content (AvgIpc) is 2.63. The predicted molar refractivity (Wildman–Crippen MR) is 57.4 cm³/mol. The lowest BCUT2D eigenvalue weighted by Crippen LogP contribution is -2.40. The van der Waals surface area contributed by atoms with E-state index in [1.807, 2.05) is 12.3 Å². The summed E-state index contributed by atoms with van der Waals surface area (Å²) in [6.45, 7) is 2.93. The first-order valence-electron chi connectivity index (χ1n) is 5.57. The SMILES string of the molecule is CN1CCC2(CC1)OCc1ncccc12. The van der Waals surface area contributed by atoms with E-state index in [-0.39, 0.29) is 5.60 Å². The first-order chi connectivity index (χ1) is 7.30. The van der Waals surface area contributed by atoms with Crippen LogP contribution in [0, 0.1) is 0 Å². The molecule has 1 aromatic heterocycles. The van der Waals surface area contributed by atoms with Crippen molar-refractivity contribution in [3.8, 4) is 0 Å². The normalized spacial score (nSPS) is 24.3. The molecule has 80 valence electrons. The highest BCUT2D eigenvalue weighted by Crippen LogP contribution is 2.42. The van der Waals surface area contributed by atoms with Crippen molar-refractivity contribution in [2.45, 2.75) is 25.0 Å². The zero-order chi connectivity index (χ0) is 10.3. The quantitative estimate of drug-likeness (QED) is 0.641. The van der Waals surface area contributed by atoms with Gasteiger partial charge in [-0.15, -0.1) is 0 Å². The summed E-state index contributed by atoms with van der Waals surface area (Å²) in [6, 6.07) is 4.20. The van der Waals surface area contributed by atoms with Crippen LogP contribution in [-0.2, 0) is 16.9 Å². The van der Waals surface area contributed by atoms with Crippen LogP contribution in [0.1, 0.15) is 24.1 Å². The molecular weight excluding hydrogens is 188 g/mol. The van der Waals surface area contributed by atoms with Crippen LogP contribution in [0.5, 0.6) is 0 Å². The smallest absolute Gasteiger partial charge is 0.0979 e. The third kappa shape index (κ3) is 1.38. The minimum absolute atomic E-state index is 0.0178. The van der Waals surface area contributed by atoms with Gasteiger partial charge in [0.15, 0.2) is 0 Å². The number of ether oxygens (including phenoxy) is 1. The Bertz CT molecular complexity index is 370. The maximum absolute atomic E-state index is 6.01. The Kier molecular flexibility index (Phi) is 2.04. The molecule has 3 heterocycles. The Labute approximate surface area is 90.1 Å². The number of hydrogen-bond donors (Lipinski definition) is 0. The van der Waals surface area contributed by atoms with Crippen LogP contribution in [-0.4, -0.2) is 30.0 Å². The molecule has 2 aliphatic heterocycles. The van der Waals surface area contributed by atoms with Gasteiger partial charge in [-0.3, -0.25) is 4.98 Å². The van der Waals surface area contributed by atoms with Gasteiger partial charge >= 0.3 is 0 Å². The van der Waals surface area contributed by atoms with Gasteiger partial charge in [0, 0.05) is 24.8 Å². The van der Waals surface area contributed by atoms with E-state index in [2.05, 4.69) is 23.0 Å². The maximum atomic E-state index is 6.01. The molecule has 3 heteroatoms. The highest BCUT2D eigenvalue weighted by atomic mass is 16.5. The van der Waals surface area contributed by atoms with Crippen molar-refractivity contribution in [1.29, 1.82) is 0 Å². The molecule has 0 aliphatic carbocycles. The molecule has 0 saturated carbocycles. The summed E-state index contributed by atoms with van der Waals surface area (Å²) in [6.07, 6.45) is 4.06. The van der Waals surface area contributed by atoms with Crippen molar-refractivity contribution in [1.82, 2.24) is 9.88 Å². The molecule has 0 radical (unpaired) electrons. The number of aromatic nitrogens is 1. The molecule has 1 saturated heterocycles. The molecule has 2 aliphatic rings. The van der Waals surface area contributed by atoms with Gasteiger partial charge in [-0.2, -0.15) is 0 Å². The second kappa shape index (κ2) is 3.29. The summed E-state index contributed by atoms with van der Waals surface area (Å²) >= 11 is 0. The van der Waals surface area contributed by atoms with E-state index >= 15 is 0 Å². The van der Waals surface area contributed by atoms with Crippen LogP contribution in [0.15, 0.2) is 18.3 Å². The molecule has 0 bridgehead atoms. The number of piperidine rings is 1. The predicted octanol–water partition coefficient (Wildman–Crippen LogP) is 1.53. The van der Waals surface area contributed by atoms with Crippen LogP contribution in [0.3, 0.4) is 0 Å². The molecular formula is C12H16N2O. The molecule has 0 amide bonds. The standard InChI is InChI=1S/C12H16N2O/c1-14-7-4-12(5-8-14)10-3-2-6-13-11(10)9-15-12/h2-3,6H,4-5,7-9H2,1H3. The fourth-order valence-electron chi connectivity index (χ4n) is 2.65. The summed E-state index contributed by atoms with van der Waals surface area (Å²) in [5.74, 6) is 0. The number of likely N-dealkylation sites (tertiary alicyclic amines) is 1. The number of rotatable bonds is 0. The Hall–Kier alpha value is -0.930. The van der Waals surface area contributed by atoms with Gasteiger partial charge in [0.05, 0.1) is 17.9 Å². The molecule has 1 aromatic rings. The second-order valence-corrected chi connectivity index (χ2v) is 4.58. The summed E-state index contributed by atoms with van der Waals surface area (Å²) in [7, 11) is 2.17. The molecule has 0 N–H and O–H groups in total. The minimum Gasteiger partial charge on any atom is -0.364 e. The third-order valence-corrected chi connectivity index (χ3v) is 3.66. The number of pyridine rings is 1. The molecule has 3 nitrogen and oxygen atoms in total. The minimum atomic E-state index is -0.0178. The van der Waals surface area contributed by atoms with Gasteiger partial charge in [-0.05, 0) is 26.0 Å². The number of nitrogens with zero attached hydrogens (tertiary/aromatic N) is 2. The lowest BCUT2D eigenvalue weighted by Gasteiger charge is -2.37. The first-order valence-corrected chi connectivity index (χ1v) is 5.57. The van der Waals surface area contributed by atoms with Gasteiger partial charge in [-0.1, -0.05) is 6.07 Å². The van der Waals surface area contributed by atoms with E-state index in [0.29, 0.717) is 6.61 Å². The second-order valence-electron chi connectivity index (χ2n) is 4.58.